The molecule has 0 unspecified atom stereocenters. The van der Waals surface area contributed by atoms with Crippen LogP contribution >= 0.6 is 11.6 Å². The minimum atomic E-state index is -0.247. The topological polar surface area (TPSA) is 14.2 Å². The van der Waals surface area contributed by atoms with Gasteiger partial charge in [0.05, 0.1) is 12.6 Å². The van der Waals surface area contributed by atoms with Crippen molar-refractivity contribution < 1.29 is 9.13 Å². The van der Waals surface area contributed by atoms with Gasteiger partial charge in [0, 0.05) is 29.2 Å². The lowest BCUT2D eigenvalue weighted by molar-refractivity contribution is 0.418. The number of hydrogen-bond donors (Lipinski definition) is 0. The Morgan fingerprint density at radius 3 is 2.52 bits per heavy atom. The summed E-state index contributed by atoms with van der Waals surface area (Å²) in [5, 5.41) is 1.83. The number of alkyl halides is 1. The van der Waals surface area contributed by atoms with E-state index >= 15 is 0 Å². The fourth-order valence-electron chi connectivity index (χ4n) is 2.64. The van der Waals surface area contributed by atoms with Crippen LogP contribution < -0.4 is 4.74 Å². The second-order valence-corrected chi connectivity index (χ2v) is 4.77. The fraction of sp³-hybridized carbons (Fsp3) is 0.294. The number of fused-ring (bicyclic) bond motifs is 3. The van der Waals surface area contributed by atoms with Gasteiger partial charge in [-0.3, -0.25) is 0 Å². The molecule has 2 nitrogen and oxygen atoms in total. The summed E-state index contributed by atoms with van der Waals surface area (Å²) in [6, 6.07) is 8.62. The van der Waals surface area contributed by atoms with Crippen LogP contribution in [0.4, 0.5) is 4.39 Å². The third kappa shape index (κ3) is 2.46. The number of ether oxygens (including phenoxy) is 1. The standard InChI is InChI=1S/C15H13ClFNO.C2H6/c1-18-12-5-4-10(17)7-11(12)14-9(8-16)3-6-13(19-2)15(14)18;1-2/h3-7H,8H2,1-2H3;1-2H3. The minimum Gasteiger partial charge on any atom is -0.495 e. The average molecular weight is 308 g/mol. The van der Waals surface area contributed by atoms with Crippen molar-refractivity contribution in [1.82, 2.24) is 4.57 Å². The Labute approximate surface area is 129 Å². The lowest BCUT2D eigenvalue weighted by Crippen LogP contribution is -1.92. The Morgan fingerprint density at radius 2 is 1.90 bits per heavy atom. The minimum absolute atomic E-state index is 0.247. The fourth-order valence-corrected chi connectivity index (χ4v) is 2.87. The summed E-state index contributed by atoms with van der Waals surface area (Å²) in [6.07, 6.45) is 0. The molecule has 4 heteroatoms. The number of methoxy groups -OCH3 is 1. The first-order valence-corrected chi connectivity index (χ1v) is 7.50. The van der Waals surface area contributed by atoms with Gasteiger partial charge in [0.1, 0.15) is 11.6 Å². The summed E-state index contributed by atoms with van der Waals surface area (Å²) in [5.74, 6) is 0.905. The lowest BCUT2D eigenvalue weighted by Gasteiger charge is -2.07. The van der Waals surface area contributed by atoms with Gasteiger partial charge in [-0.05, 0) is 29.8 Å². The molecule has 0 bridgehead atoms. The Balaban J connectivity index is 0.000000774. The van der Waals surface area contributed by atoms with E-state index in [1.807, 2.05) is 37.6 Å². The summed E-state index contributed by atoms with van der Waals surface area (Å²) >= 11 is 6.01. The van der Waals surface area contributed by atoms with Crippen molar-refractivity contribution in [3.63, 3.8) is 0 Å². The van der Waals surface area contributed by atoms with Crippen LogP contribution in [0.1, 0.15) is 19.4 Å². The molecule has 3 aromatic rings. The summed E-state index contributed by atoms with van der Waals surface area (Å²) in [5.41, 5.74) is 2.89. The van der Waals surface area contributed by atoms with Crippen molar-refractivity contribution in [1.29, 1.82) is 0 Å². The van der Waals surface area contributed by atoms with E-state index in [0.29, 0.717) is 5.88 Å². The molecule has 0 aliphatic rings. The Morgan fingerprint density at radius 1 is 1.19 bits per heavy atom. The van der Waals surface area contributed by atoms with Gasteiger partial charge >= 0.3 is 0 Å². The van der Waals surface area contributed by atoms with Crippen LogP contribution in [0.3, 0.4) is 0 Å². The second-order valence-electron chi connectivity index (χ2n) is 4.50. The smallest absolute Gasteiger partial charge is 0.143 e. The molecule has 0 radical (unpaired) electrons. The zero-order valence-corrected chi connectivity index (χ0v) is 13.5. The molecule has 0 N–H and O–H groups in total. The molecule has 0 atom stereocenters. The highest BCUT2D eigenvalue weighted by molar-refractivity contribution is 6.20. The van der Waals surface area contributed by atoms with E-state index in [2.05, 4.69) is 0 Å². The second kappa shape index (κ2) is 6.35. The molecule has 3 rings (SSSR count). The maximum Gasteiger partial charge on any atom is 0.143 e. The first-order valence-electron chi connectivity index (χ1n) is 6.97. The molecule has 21 heavy (non-hydrogen) atoms. The summed E-state index contributed by atoms with van der Waals surface area (Å²) < 4.78 is 20.9. The van der Waals surface area contributed by atoms with Crippen LogP contribution in [0.15, 0.2) is 30.3 Å². The molecular formula is C17H19ClFNO. The van der Waals surface area contributed by atoms with E-state index in [0.717, 1.165) is 33.1 Å². The molecule has 1 aromatic heterocycles. The van der Waals surface area contributed by atoms with Crippen LogP contribution in [0.2, 0.25) is 0 Å². The zero-order valence-electron chi connectivity index (χ0n) is 12.7. The number of aryl methyl sites for hydroxylation is 1. The van der Waals surface area contributed by atoms with Gasteiger partial charge < -0.3 is 9.30 Å². The van der Waals surface area contributed by atoms with Crippen molar-refractivity contribution >= 4 is 33.4 Å². The first-order chi connectivity index (χ1) is 10.2. The van der Waals surface area contributed by atoms with Gasteiger partial charge in [-0.1, -0.05) is 19.9 Å². The highest BCUT2D eigenvalue weighted by atomic mass is 35.5. The molecule has 0 spiro atoms. The van der Waals surface area contributed by atoms with Crippen LogP contribution in [0, 0.1) is 5.82 Å². The highest BCUT2D eigenvalue weighted by Gasteiger charge is 2.16. The predicted octanol–water partition coefficient (Wildman–Crippen LogP) is 5.24. The molecule has 0 aliphatic heterocycles. The third-order valence-electron chi connectivity index (χ3n) is 3.52. The zero-order chi connectivity index (χ0) is 15.6. The SMILES string of the molecule is CC.COc1ccc(CCl)c2c3cc(F)ccc3n(C)c12. The summed E-state index contributed by atoms with van der Waals surface area (Å²) in [6.45, 7) is 4.00. The molecule has 0 saturated carbocycles. The Bertz CT molecular complexity index is 779. The maximum absolute atomic E-state index is 13.5. The molecule has 0 fully saturated rings. The molecule has 0 amide bonds. The van der Waals surface area contributed by atoms with Gasteiger partial charge in [-0.25, -0.2) is 4.39 Å². The van der Waals surface area contributed by atoms with Crippen molar-refractivity contribution in [2.24, 2.45) is 7.05 Å². The normalized spacial score (nSPS) is 10.6. The maximum atomic E-state index is 13.5. The molecular weight excluding hydrogens is 289 g/mol. The van der Waals surface area contributed by atoms with E-state index in [1.165, 1.54) is 6.07 Å². The molecule has 112 valence electrons. The number of rotatable bonds is 2. The Hall–Kier alpha value is -1.74. The quantitative estimate of drug-likeness (QED) is 0.590. The van der Waals surface area contributed by atoms with Crippen molar-refractivity contribution in [2.75, 3.05) is 7.11 Å². The van der Waals surface area contributed by atoms with Crippen molar-refractivity contribution in [2.45, 2.75) is 19.7 Å². The Kier molecular flexibility index (Phi) is 4.73. The third-order valence-corrected chi connectivity index (χ3v) is 3.80. The van der Waals surface area contributed by atoms with Crippen molar-refractivity contribution in [3.8, 4) is 5.75 Å². The van der Waals surface area contributed by atoms with E-state index in [1.54, 1.807) is 19.2 Å². The summed E-state index contributed by atoms with van der Waals surface area (Å²) in [7, 11) is 3.58. The average Bonchev–Trinajstić information content (AvgIpc) is 2.82. The molecule has 0 saturated heterocycles. The van der Waals surface area contributed by atoms with Crippen molar-refractivity contribution in [3.05, 3.63) is 41.7 Å². The lowest BCUT2D eigenvalue weighted by atomic mass is 10.1. The number of halogens is 2. The largest absolute Gasteiger partial charge is 0.495 e. The van der Waals surface area contributed by atoms with Gasteiger partial charge in [-0.2, -0.15) is 0 Å². The van der Waals surface area contributed by atoms with Gasteiger partial charge in [-0.15, -0.1) is 11.6 Å². The molecule has 0 aliphatic carbocycles. The van der Waals surface area contributed by atoms with Crippen LogP contribution in [0.5, 0.6) is 5.75 Å². The first kappa shape index (κ1) is 15.6. The predicted molar refractivity (Wildman–Crippen MR) is 87.8 cm³/mol. The van der Waals surface area contributed by atoms with Crippen LogP contribution in [-0.4, -0.2) is 11.7 Å². The van der Waals surface area contributed by atoms with Crippen LogP contribution in [-0.2, 0) is 12.9 Å². The van der Waals surface area contributed by atoms with Gasteiger partial charge in [0.25, 0.3) is 0 Å². The highest BCUT2D eigenvalue weighted by Crippen LogP contribution is 2.37. The number of nitrogens with zero attached hydrogens (tertiary/aromatic N) is 1. The van der Waals surface area contributed by atoms with Gasteiger partial charge in [0.2, 0.25) is 0 Å². The van der Waals surface area contributed by atoms with E-state index in [9.17, 15) is 4.39 Å². The van der Waals surface area contributed by atoms with E-state index in [-0.39, 0.29) is 5.82 Å². The van der Waals surface area contributed by atoms with E-state index in [4.69, 9.17) is 16.3 Å². The molecule has 2 aromatic carbocycles. The van der Waals surface area contributed by atoms with Gasteiger partial charge in [0.15, 0.2) is 0 Å². The number of benzene rings is 2. The van der Waals surface area contributed by atoms with E-state index < -0.39 is 0 Å². The van der Waals surface area contributed by atoms with Crippen LogP contribution in [0.25, 0.3) is 21.8 Å². The number of aromatic nitrogens is 1. The molecule has 1 heterocycles. The monoisotopic (exact) mass is 307 g/mol. The summed E-state index contributed by atoms with van der Waals surface area (Å²) in [4.78, 5) is 0. The number of hydrogen-bond acceptors (Lipinski definition) is 1.